The maximum atomic E-state index is 12.8. The van der Waals surface area contributed by atoms with Gasteiger partial charge in [0, 0.05) is 34.4 Å². The minimum absolute atomic E-state index is 0.0661. The van der Waals surface area contributed by atoms with Gasteiger partial charge in [0.15, 0.2) is 5.78 Å². The van der Waals surface area contributed by atoms with Crippen LogP contribution >= 0.6 is 0 Å². The van der Waals surface area contributed by atoms with E-state index in [1.54, 1.807) is 34.5 Å². The average Bonchev–Trinajstić information content (AvgIpc) is 2.64. The van der Waals surface area contributed by atoms with Crippen molar-refractivity contribution in [3.05, 3.63) is 12.2 Å². The number of ketones is 1. The molecule has 0 aromatic heterocycles. The summed E-state index contributed by atoms with van der Waals surface area (Å²) in [5, 5.41) is 0. The van der Waals surface area contributed by atoms with Gasteiger partial charge < -0.3 is 18.9 Å². The minimum atomic E-state index is -0.226. The van der Waals surface area contributed by atoms with Crippen molar-refractivity contribution in [2.45, 2.75) is 62.9 Å². The molecule has 2 saturated carbocycles. The van der Waals surface area contributed by atoms with E-state index in [4.69, 9.17) is 18.9 Å². The third-order valence-electron chi connectivity index (χ3n) is 5.64. The highest BCUT2D eigenvalue weighted by atomic mass is 16.5. The van der Waals surface area contributed by atoms with E-state index < -0.39 is 0 Å². The zero-order valence-electron chi connectivity index (χ0n) is 15.4. The van der Waals surface area contributed by atoms with Gasteiger partial charge in [0.25, 0.3) is 0 Å². The van der Waals surface area contributed by atoms with Crippen molar-refractivity contribution in [2.75, 3.05) is 28.4 Å². The van der Waals surface area contributed by atoms with Gasteiger partial charge >= 0.3 is 0 Å². The third-order valence-corrected chi connectivity index (χ3v) is 5.64. The smallest absolute Gasteiger partial charge is 0.163 e. The summed E-state index contributed by atoms with van der Waals surface area (Å²) in [7, 11) is 6.81. The molecule has 2 aliphatic rings. The summed E-state index contributed by atoms with van der Waals surface area (Å²) in [6.45, 7) is 0. The molecule has 24 heavy (non-hydrogen) atoms. The van der Waals surface area contributed by atoms with E-state index in [-0.39, 0.29) is 42.0 Å². The lowest BCUT2D eigenvalue weighted by Crippen LogP contribution is -2.43. The van der Waals surface area contributed by atoms with Gasteiger partial charge in [-0.1, -0.05) is 6.08 Å². The molecule has 0 amide bonds. The fourth-order valence-electron chi connectivity index (χ4n) is 4.27. The first-order valence-corrected chi connectivity index (χ1v) is 8.99. The molecular formula is C19H32O5. The molecule has 0 heterocycles. The van der Waals surface area contributed by atoms with E-state index >= 15 is 0 Å². The molecule has 0 saturated heterocycles. The predicted octanol–water partition coefficient (Wildman–Crippen LogP) is 2.77. The van der Waals surface area contributed by atoms with Gasteiger partial charge in [-0.05, 0) is 44.6 Å². The number of carbonyl (C=O) groups is 1. The van der Waals surface area contributed by atoms with Crippen molar-refractivity contribution < 1.29 is 23.7 Å². The molecule has 5 heteroatoms. The van der Waals surface area contributed by atoms with Crippen LogP contribution in [0.3, 0.4) is 0 Å². The van der Waals surface area contributed by atoms with Crippen molar-refractivity contribution >= 4 is 5.78 Å². The monoisotopic (exact) mass is 340 g/mol. The van der Waals surface area contributed by atoms with E-state index in [0.29, 0.717) is 0 Å². The lowest BCUT2D eigenvalue weighted by Gasteiger charge is -2.36. The second-order valence-electron chi connectivity index (χ2n) is 6.82. The highest BCUT2D eigenvalue weighted by molar-refractivity contribution is 5.92. The fraction of sp³-hybridized carbons (Fsp3) is 0.842. The maximum absolute atomic E-state index is 12.8. The first kappa shape index (κ1) is 19.6. The average molecular weight is 340 g/mol. The van der Waals surface area contributed by atoms with Crippen LogP contribution in [0.15, 0.2) is 12.2 Å². The van der Waals surface area contributed by atoms with Crippen LogP contribution in [0.4, 0.5) is 0 Å². The van der Waals surface area contributed by atoms with Crippen LogP contribution in [0.25, 0.3) is 0 Å². The number of carbonyl (C=O) groups excluding carboxylic acids is 1. The second kappa shape index (κ2) is 9.66. The number of ether oxygens (including phenoxy) is 4. The predicted molar refractivity (Wildman–Crippen MR) is 92.0 cm³/mol. The van der Waals surface area contributed by atoms with E-state index in [9.17, 15) is 4.79 Å². The van der Waals surface area contributed by atoms with Crippen molar-refractivity contribution in [1.29, 1.82) is 0 Å². The SMILES string of the molecule is COC1CCCC(OC)C1/C=C/C(=O)C1C(OC)CCCC1OC. The lowest BCUT2D eigenvalue weighted by molar-refractivity contribution is -0.134. The molecule has 2 aliphatic carbocycles. The van der Waals surface area contributed by atoms with Crippen molar-refractivity contribution in [3.63, 3.8) is 0 Å². The largest absolute Gasteiger partial charge is 0.381 e. The molecule has 0 aromatic rings. The molecule has 0 aliphatic heterocycles. The number of hydrogen-bond donors (Lipinski definition) is 0. The Balaban J connectivity index is 2.11. The summed E-state index contributed by atoms with van der Waals surface area (Å²) >= 11 is 0. The molecule has 2 rings (SSSR count). The molecule has 0 N–H and O–H groups in total. The Hall–Kier alpha value is -0.750. The summed E-state index contributed by atoms with van der Waals surface area (Å²) in [6.07, 6.45) is 9.73. The van der Waals surface area contributed by atoms with E-state index in [2.05, 4.69) is 0 Å². The summed E-state index contributed by atoms with van der Waals surface area (Å²) in [5.41, 5.74) is 0. The number of hydrogen-bond acceptors (Lipinski definition) is 5. The normalized spacial score (nSPS) is 37.7. The Kier molecular flexibility index (Phi) is 7.88. The van der Waals surface area contributed by atoms with Crippen molar-refractivity contribution in [3.8, 4) is 0 Å². The van der Waals surface area contributed by atoms with Crippen LogP contribution in [0, 0.1) is 11.8 Å². The number of rotatable bonds is 7. The number of allylic oxidation sites excluding steroid dienone is 1. The first-order chi connectivity index (χ1) is 11.7. The quantitative estimate of drug-likeness (QED) is 0.667. The van der Waals surface area contributed by atoms with Gasteiger partial charge in [-0.3, -0.25) is 4.79 Å². The van der Waals surface area contributed by atoms with E-state index in [1.165, 1.54) is 0 Å². The van der Waals surface area contributed by atoms with Crippen LogP contribution in [0.1, 0.15) is 38.5 Å². The fourth-order valence-corrected chi connectivity index (χ4v) is 4.27. The van der Waals surface area contributed by atoms with Crippen LogP contribution in [0.2, 0.25) is 0 Å². The zero-order valence-corrected chi connectivity index (χ0v) is 15.4. The molecule has 2 fully saturated rings. The Morgan fingerprint density at radius 3 is 1.58 bits per heavy atom. The van der Waals surface area contributed by atoms with Crippen molar-refractivity contribution in [1.82, 2.24) is 0 Å². The number of methoxy groups -OCH3 is 4. The molecule has 0 radical (unpaired) electrons. The molecule has 4 unspecified atom stereocenters. The highest BCUT2D eigenvalue weighted by Crippen LogP contribution is 2.32. The molecule has 0 bridgehead atoms. The van der Waals surface area contributed by atoms with Crippen LogP contribution < -0.4 is 0 Å². The molecule has 4 atom stereocenters. The van der Waals surface area contributed by atoms with E-state index in [0.717, 1.165) is 38.5 Å². The Morgan fingerprint density at radius 2 is 1.17 bits per heavy atom. The molecular weight excluding hydrogens is 308 g/mol. The van der Waals surface area contributed by atoms with Gasteiger partial charge in [0.05, 0.1) is 30.3 Å². The summed E-state index contributed by atoms with van der Waals surface area (Å²) in [4.78, 5) is 12.8. The Bertz CT molecular complexity index is 398. The third kappa shape index (κ3) is 4.45. The van der Waals surface area contributed by atoms with Crippen molar-refractivity contribution in [2.24, 2.45) is 11.8 Å². The molecule has 138 valence electrons. The summed E-state index contributed by atoms with van der Waals surface area (Å²) in [6, 6.07) is 0. The topological polar surface area (TPSA) is 54.0 Å². The van der Waals surface area contributed by atoms with Gasteiger partial charge in [-0.15, -0.1) is 0 Å². The van der Waals surface area contributed by atoms with Gasteiger partial charge in [0.2, 0.25) is 0 Å². The van der Waals surface area contributed by atoms with Gasteiger partial charge in [-0.25, -0.2) is 0 Å². The summed E-state index contributed by atoms with van der Waals surface area (Å²) < 4.78 is 22.3. The van der Waals surface area contributed by atoms with Gasteiger partial charge in [-0.2, -0.15) is 0 Å². The zero-order chi connectivity index (χ0) is 17.5. The highest BCUT2D eigenvalue weighted by Gasteiger charge is 2.38. The standard InChI is InChI=1S/C19H32O5/c1-21-15-7-5-8-16(22-2)13(15)11-12-14(20)19-17(23-3)9-6-10-18(19)24-4/h11-13,15-19H,5-10H2,1-4H3/b12-11+. The lowest BCUT2D eigenvalue weighted by atomic mass is 9.79. The molecule has 0 spiro atoms. The molecule has 5 nitrogen and oxygen atoms in total. The molecule has 0 aromatic carbocycles. The second-order valence-corrected chi connectivity index (χ2v) is 6.82. The Labute approximate surface area is 145 Å². The maximum Gasteiger partial charge on any atom is 0.163 e. The Morgan fingerprint density at radius 1 is 0.750 bits per heavy atom. The van der Waals surface area contributed by atoms with E-state index in [1.807, 2.05) is 6.08 Å². The first-order valence-electron chi connectivity index (χ1n) is 8.99. The summed E-state index contributed by atoms with van der Waals surface area (Å²) in [5.74, 6) is -0.0254. The van der Waals surface area contributed by atoms with Crippen LogP contribution in [0.5, 0.6) is 0 Å². The van der Waals surface area contributed by atoms with Gasteiger partial charge in [0.1, 0.15) is 0 Å². The van der Waals surface area contributed by atoms with Crippen LogP contribution in [-0.4, -0.2) is 58.6 Å². The minimum Gasteiger partial charge on any atom is -0.381 e. The van der Waals surface area contributed by atoms with Crippen LogP contribution in [-0.2, 0) is 23.7 Å².